The van der Waals surface area contributed by atoms with Crippen LogP contribution in [0.1, 0.15) is 57.5 Å². The minimum atomic E-state index is -0.310. The highest BCUT2D eigenvalue weighted by Gasteiger charge is 2.34. The zero-order chi connectivity index (χ0) is 23.1. The van der Waals surface area contributed by atoms with Crippen molar-refractivity contribution in [3.63, 3.8) is 0 Å². The number of benzene rings is 1. The maximum atomic E-state index is 13.3. The average molecular weight is 449 g/mol. The maximum absolute atomic E-state index is 13.3. The van der Waals surface area contributed by atoms with Crippen molar-refractivity contribution >= 4 is 17.6 Å². The van der Waals surface area contributed by atoms with Gasteiger partial charge in [0.15, 0.2) is 0 Å². The van der Waals surface area contributed by atoms with Crippen LogP contribution in [0.4, 0.5) is 10.2 Å². The summed E-state index contributed by atoms with van der Waals surface area (Å²) in [6.07, 6.45) is 3.32. The highest BCUT2D eigenvalue weighted by molar-refractivity contribution is 5.96. The Morgan fingerprint density at radius 1 is 1.18 bits per heavy atom. The van der Waals surface area contributed by atoms with Crippen LogP contribution in [0.5, 0.6) is 0 Å². The van der Waals surface area contributed by atoms with Crippen LogP contribution in [0.3, 0.4) is 0 Å². The first kappa shape index (κ1) is 21.2. The number of nitrogens with one attached hydrogen (secondary N) is 1. The summed E-state index contributed by atoms with van der Waals surface area (Å²) < 4.78 is 13.3. The fourth-order valence-corrected chi connectivity index (χ4v) is 4.61. The molecule has 2 amide bonds. The summed E-state index contributed by atoms with van der Waals surface area (Å²) in [5, 5.41) is 6.76. The number of aromatic nitrogens is 4. The first-order valence-electron chi connectivity index (χ1n) is 11.1. The molecule has 0 spiro atoms. The highest BCUT2D eigenvalue weighted by Crippen LogP contribution is 2.33. The molecule has 0 bridgehead atoms. The van der Waals surface area contributed by atoms with Crippen molar-refractivity contribution in [3.05, 3.63) is 70.2 Å². The highest BCUT2D eigenvalue weighted by atomic mass is 19.1. The number of nitrogens with zero attached hydrogens (tertiary/aromatic N) is 5. The smallest absolute Gasteiger partial charge is 0.257 e. The first-order valence-corrected chi connectivity index (χ1v) is 11.1. The van der Waals surface area contributed by atoms with Crippen molar-refractivity contribution in [2.75, 3.05) is 18.0 Å². The van der Waals surface area contributed by atoms with E-state index in [2.05, 4.69) is 10.2 Å². The van der Waals surface area contributed by atoms with Gasteiger partial charge in [-0.2, -0.15) is 5.10 Å². The van der Waals surface area contributed by atoms with Gasteiger partial charge in [0.1, 0.15) is 17.5 Å². The molecule has 0 aliphatic carbocycles. The van der Waals surface area contributed by atoms with Crippen LogP contribution < -0.4 is 4.90 Å². The molecule has 1 fully saturated rings. The molecule has 8 nitrogen and oxygen atoms in total. The fourth-order valence-electron chi connectivity index (χ4n) is 4.61. The van der Waals surface area contributed by atoms with Crippen LogP contribution >= 0.6 is 0 Å². The van der Waals surface area contributed by atoms with Crippen molar-refractivity contribution in [2.45, 2.75) is 45.6 Å². The Morgan fingerprint density at radius 2 is 1.97 bits per heavy atom. The lowest BCUT2D eigenvalue weighted by molar-refractivity contribution is -0.119. The summed E-state index contributed by atoms with van der Waals surface area (Å²) in [6, 6.07) is 6.16. The molecule has 0 radical (unpaired) electrons. The number of hydrogen-bond donors (Lipinski definition) is 1. The molecule has 9 heteroatoms. The van der Waals surface area contributed by atoms with E-state index >= 15 is 0 Å². The number of amides is 2. The number of aromatic amines is 1. The molecule has 3 aromatic rings. The van der Waals surface area contributed by atoms with Crippen LogP contribution in [-0.4, -0.2) is 50.0 Å². The van der Waals surface area contributed by atoms with Crippen molar-refractivity contribution in [1.82, 2.24) is 25.1 Å². The molecule has 1 atom stereocenters. The number of carbonyl (C=O) groups is 2. The molecule has 1 unspecified atom stereocenters. The molecule has 1 N–H and O–H groups in total. The Bertz CT molecular complexity index is 1220. The molecular weight excluding hydrogens is 423 g/mol. The van der Waals surface area contributed by atoms with Crippen LogP contribution in [0, 0.1) is 19.7 Å². The normalized spacial score (nSPS) is 18.0. The molecule has 4 heterocycles. The Labute approximate surface area is 190 Å². The van der Waals surface area contributed by atoms with E-state index in [4.69, 9.17) is 9.97 Å². The molecule has 1 aromatic carbocycles. The number of anilines is 1. The monoisotopic (exact) mass is 448 g/mol. The molecule has 2 aromatic heterocycles. The van der Waals surface area contributed by atoms with Gasteiger partial charge in [-0.15, -0.1) is 0 Å². The molecular formula is C24H25FN6O2. The van der Waals surface area contributed by atoms with Gasteiger partial charge in [0.05, 0.1) is 18.3 Å². The molecule has 5 rings (SSSR count). The minimum absolute atomic E-state index is 0.00476. The van der Waals surface area contributed by atoms with Gasteiger partial charge < -0.3 is 4.90 Å². The van der Waals surface area contributed by atoms with Gasteiger partial charge >= 0.3 is 0 Å². The second-order valence-electron chi connectivity index (χ2n) is 8.72. The van der Waals surface area contributed by atoms with Gasteiger partial charge in [-0.3, -0.25) is 19.6 Å². The predicted octanol–water partition coefficient (Wildman–Crippen LogP) is 3.06. The zero-order valence-corrected chi connectivity index (χ0v) is 18.6. The Kier molecular flexibility index (Phi) is 5.39. The van der Waals surface area contributed by atoms with Crippen molar-refractivity contribution < 1.29 is 14.0 Å². The number of hydrogen-bond acceptors (Lipinski definition) is 5. The van der Waals surface area contributed by atoms with Gasteiger partial charge in [0.2, 0.25) is 5.91 Å². The quantitative estimate of drug-likeness (QED) is 0.662. The number of likely N-dealkylation sites (tertiary alicyclic amines) is 1. The largest absolute Gasteiger partial charge is 0.338 e. The molecule has 33 heavy (non-hydrogen) atoms. The van der Waals surface area contributed by atoms with Gasteiger partial charge in [0, 0.05) is 42.4 Å². The lowest BCUT2D eigenvalue weighted by Crippen LogP contribution is -2.36. The van der Waals surface area contributed by atoms with Crippen molar-refractivity contribution in [3.8, 4) is 0 Å². The summed E-state index contributed by atoms with van der Waals surface area (Å²) in [6.45, 7) is 5.25. The number of rotatable bonds is 4. The van der Waals surface area contributed by atoms with E-state index in [1.54, 1.807) is 23.2 Å². The van der Waals surface area contributed by atoms with E-state index in [1.165, 1.54) is 12.1 Å². The summed E-state index contributed by atoms with van der Waals surface area (Å²) in [5.74, 6) is 0.921. The zero-order valence-electron chi connectivity index (χ0n) is 18.6. The van der Waals surface area contributed by atoms with Gasteiger partial charge in [0.25, 0.3) is 5.91 Å². The SMILES string of the molecule is Cc1nc(C2CCN(C(=O)c3cn[nH]c3C)C2)nc2c1CCC(=O)N2Cc1ccc(F)cc1. The second kappa shape index (κ2) is 8.38. The summed E-state index contributed by atoms with van der Waals surface area (Å²) in [5.41, 5.74) is 4.00. The van der Waals surface area contributed by atoms with E-state index < -0.39 is 0 Å². The minimum Gasteiger partial charge on any atom is -0.338 e. The van der Waals surface area contributed by atoms with Crippen LogP contribution in [0.2, 0.25) is 0 Å². The third kappa shape index (κ3) is 3.99. The van der Waals surface area contributed by atoms with Gasteiger partial charge in [-0.05, 0) is 44.4 Å². The summed E-state index contributed by atoms with van der Waals surface area (Å²) in [7, 11) is 0. The lowest BCUT2D eigenvalue weighted by Gasteiger charge is -2.30. The van der Waals surface area contributed by atoms with E-state index in [0.717, 1.165) is 28.9 Å². The summed E-state index contributed by atoms with van der Waals surface area (Å²) >= 11 is 0. The van der Waals surface area contributed by atoms with E-state index in [1.807, 2.05) is 18.7 Å². The van der Waals surface area contributed by atoms with Crippen molar-refractivity contribution in [1.29, 1.82) is 0 Å². The molecule has 1 saturated heterocycles. The fraction of sp³-hybridized carbons (Fsp3) is 0.375. The number of halogens is 1. The van der Waals surface area contributed by atoms with E-state index in [9.17, 15) is 14.0 Å². The number of aryl methyl sites for hydroxylation is 2. The standard InChI is InChI=1S/C24H25FN6O2/c1-14-19-7-8-21(32)31(12-16-3-5-18(25)6-4-16)23(19)28-22(27-14)17-9-10-30(13-17)24(33)20-11-26-29-15(20)2/h3-6,11,17H,7-10,12-13H2,1-2H3,(H,26,29). The Morgan fingerprint density at radius 3 is 2.70 bits per heavy atom. The predicted molar refractivity (Wildman–Crippen MR) is 119 cm³/mol. The third-order valence-electron chi connectivity index (χ3n) is 6.51. The molecule has 2 aliphatic rings. The third-order valence-corrected chi connectivity index (χ3v) is 6.51. The number of fused-ring (bicyclic) bond motifs is 1. The van der Waals surface area contributed by atoms with Gasteiger partial charge in [-0.25, -0.2) is 14.4 Å². The van der Waals surface area contributed by atoms with Crippen LogP contribution in [0.15, 0.2) is 30.5 Å². The van der Waals surface area contributed by atoms with E-state index in [-0.39, 0.29) is 23.5 Å². The lowest BCUT2D eigenvalue weighted by atomic mass is 10.0. The van der Waals surface area contributed by atoms with Crippen LogP contribution in [0.25, 0.3) is 0 Å². The number of carbonyl (C=O) groups excluding carboxylic acids is 2. The Hall–Kier alpha value is -3.62. The van der Waals surface area contributed by atoms with E-state index in [0.29, 0.717) is 49.7 Å². The molecule has 0 saturated carbocycles. The molecule has 170 valence electrons. The van der Waals surface area contributed by atoms with Crippen LogP contribution in [-0.2, 0) is 17.8 Å². The average Bonchev–Trinajstić information content (AvgIpc) is 3.46. The second-order valence-corrected chi connectivity index (χ2v) is 8.72. The van der Waals surface area contributed by atoms with Gasteiger partial charge in [-0.1, -0.05) is 12.1 Å². The molecule has 2 aliphatic heterocycles. The topological polar surface area (TPSA) is 95.1 Å². The Balaban J connectivity index is 1.41. The van der Waals surface area contributed by atoms with Crippen molar-refractivity contribution in [2.24, 2.45) is 0 Å². The number of H-pyrrole nitrogens is 1. The maximum Gasteiger partial charge on any atom is 0.257 e. The first-order chi connectivity index (χ1) is 15.9. The summed E-state index contributed by atoms with van der Waals surface area (Å²) in [4.78, 5) is 38.8.